The highest BCUT2D eigenvalue weighted by Crippen LogP contribution is 2.29. The maximum absolute atomic E-state index is 12.7. The number of benzene rings is 2. The first kappa shape index (κ1) is 21.6. The van der Waals surface area contributed by atoms with E-state index in [1.54, 1.807) is 32.0 Å². The first-order chi connectivity index (χ1) is 13.7. The van der Waals surface area contributed by atoms with E-state index in [4.69, 9.17) is 27.4 Å². The van der Waals surface area contributed by atoms with Crippen LogP contribution in [0.5, 0.6) is 5.75 Å². The molecule has 1 aliphatic heterocycles. The van der Waals surface area contributed by atoms with Crippen molar-refractivity contribution in [2.75, 3.05) is 0 Å². The number of hydrogen-bond donors (Lipinski definition) is 1. The molecule has 1 fully saturated rings. The molecule has 1 aliphatic rings. The summed E-state index contributed by atoms with van der Waals surface area (Å²) in [4.78, 5) is 11.4. The van der Waals surface area contributed by atoms with Gasteiger partial charge in [-0.1, -0.05) is 47.1 Å². The Labute approximate surface area is 182 Å². The number of carbonyl (C=O) groups excluding carboxylic acids is 1. The van der Waals surface area contributed by atoms with E-state index in [0.717, 1.165) is 0 Å². The zero-order valence-corrected chi connectivity index (χ0v) is 18.4. The number of para-hydroxylation sites is 1. The highest BCUT2D eigenvalue weighted by molar-refractivity contribution is 8.15. The normalized spacial score (nSPS) is 18.4. The highest BCUT2D eigenvalue weighted by Gasteiger charge is 2.25. The summed E-state index contributed by atoms with van der Waals surface area (Å²) in [5, 5.41) is 10.9. The average molecular weight is 472 g/mol. The Morgan fingerprint density at radius 3 is 2.62 bits per heavy atom. The topological polar surface area (TPSA) is 97.2 Å². The molecule has 1 heterocycles. The van der Waals surface area contributed by atoms with Crippen LogP contribution in [0.1, 0.15) is 18.1 Å². The van der Waals surface area contributed by atoms with Crippen molar-refractivity contribution < 1.29 is 17.4 Å². The molecule has 1 amide bonds. The number of hydrogen-bond acceptors (Lipinski definition) is 7. The van der Waals surface area contributed by atoms with Gasteiger partial charge < -0.3 is 9.50 Å². The van der Waals surface area contributed by atoms with E-state index >= 15 is 0 Å². The summed E-state index contributed by atoms with van der Waals surface area (Å²) < 4.78 is 30.7. The Morgan fingerprint density at radius 2 is 1.97 bits per heavy atom. The lowest BCUT2D eigenvalue weighted by Crippen LogP contribution is -2.23. The van der Waals surface area contributed by atoms with Crippen molar-refractivity contribution in [2.45, 2.75) is 24.0 Å². The average Bonchev–Trinajstić information content (AvgIpc) is 2.97. The SMILES string of the molecule is Cc1cccc(/C=N\N=C2\NC(=O)[C@@H](C)S2)c1OS(=O)(=O)c1ccc(Cl)c(Cl)c1. The molecule has 11 heteroatoms. The van der Waals surface area contributed by atoms with Gasteiger partial charge in [0.15, 0.2) is 10.9 Å². The molecule has 0 spiro atoms. The van der Waals surface area contributed by atoms with Crippen molar-refractivity contribution in [3.05, 3.63) is 57.6 Å². The van der Waals surface area contributed by atoms with Crippen molar-refractivity contribution in [3.8, 4) is 5.75 Å². The molecule has 0 saturated carbocycles. The molecule has 0 bridgehead atoms. The monoisotopic (exact) mass is 471 g/mol. The van der Waals surface area contributed by atoms with Gasteiger partial charge in [-0.15, -0.1) is 5.10 Å². The molecule has 7 nitrogen and oxygen atoms in total. The fourth-order valence-corrected chi connectivity index (χ4v) is 4.49. The lowest BCUT2D eigenvalue weighted by atomic mass is 10.1. The molecular formula is C18H15Cl2N3O4S2. The van der Waals surface area contributed by atoms with E-state index in [9.17, 15) is 13.2 Å². The molecule has 0 radical (unpaired) electrons. The van der Waals surface area contributed by atoms with Crippen LogP contribution >= 0.6 is 35.0 Å². The zero-order valence-electron chi connectivity index (χ0n) is 15.2. The molecule has 0 unspecified atom stereocenters. The molecule has 2 aromatic carbocycles. The van der Waals surface area contributed by atoms with Gasteiger partial charge in [-0.05, 0) is 43.7 Å². The van der Waals surface area contributed by atoms with Crippen LogP contribution in [-0.4, -0.2) is 31.0 Å². The van der Waals surface area contributed by atoms with Crippen LogP contribution in [0.15, 0.2) is 51.5 Å². The molecule has 0 aromatic heterocycles. The van der Waals surface area contributed by atoms with Gasteiger partial charge in [-0.2, -0.15) is 13.5 Å². The second-order valence-electron chi connectivity index (χ2n) is 6.01. The Hall–Kier alpha value is -2.07. The molecule has 0 aliphatic carbocycles. The molecule has 3 rings (SSSR count). The number of aryl methyl sites for hydroxylation is 1. The Bertz CT molecular complexity index is 1130. The number of nitrogens with one attached hydrogen (secondary N) is 1. The summed E-state index contributed by atoms with van der Waals surface area (Å²) in [7, 11) is -4.15. The van der Waals surface area contributed by atoms with Gasteiger partial charge in [0, 0.05) is 5.56 Å². The van der Waals surface area contributed by atoms with Crippen molar-refractivity contribution in [3.63, 3.8) is 0 Å². The van der Waals surface area contributed by atoms with Crippen LogP contribution in [-0.2, 0) is 14.9 Å². The number of carbonyl (C=O) groups is 1. The van der Waals surface area contributed by atoms with Crippen LogP contribution < -0.4 is 9.50 Å². The van der Waals surface area contributed by atoms with Crippen molar-refractivity contribution in [1.29, 1.82) is 0 Å². The van der Waals surface area contributed by atoms with E-state index in [1.807, 2.05) is 0 Å². The third kappa shape index (κ3) is 5.11. The lowest BCUT2D eigenvalue weighted by molar-refractivity contribution is -0.118. The van der Waals surface area contributed by atoms with E-state index in [-0.39, 0.29) is 31.8 Å². The second kappa shape index (κ2) is 8.74. The van der Waals surface area contributed by atoms with Crippen LogP contribution in [0.4, 0.5) is 0 Å². The first-order valence-electron chi connectivity index (χ1n) is 8.25. The number of halogens is 2. The number of nitrogens with zero attached hydrogens (tertiary/aromatic N) is 2. The summed E-state index contributed by atoms with van der Waals surface area (Å²) in [5.41, 5.74) is 0.989. The van der Waals surface area contributed by atoms with E-state index < -0.39 is 10.1 Å². The standard InChI is InChI=1S/C18H15Cl2N3O4S2/c1-10-4-3-5-12(9-21-23-18-22-17(24)11(2)28-18)16(10)27-29(25,26)13-6-7-14(19)15(20)8-13/h3-9,11H,1-2H3,(H,22,23,24)/b21-9-/t11-/m1/s1. The smallest absolute Gasteiger partial charge is 0.339 e. The summed E-state index contributed by atoms with van der Waals surface area (Å²) in [6.07, 6.45) is 1.36. The van der Waals surface area contributed by atoms with Crippen LogP contribution in [0.25, 0.3) is 0 Å². The molecular weight excluding hydrogens is 457 g/mol. The lowest BCUT2D eigenvalue weighted by Gasteiger charge is -2.12. The van der Waals surface area contributed by atoms with E-state index in [2.05, 4.69) is 15.5 Å². The first-order valence-corrected chi connectivity index (χ1v) is 11.3. The number of amidine groups is 1. The Kier molecular flexibility index (Phi) is 6.52. The third-order valence-electron chi connectivity index (χ3n) is 3.85. The summed E-state index contributed by atoms with van der Waals surface area (Å²) >= 11 is 13.0. The summed E-state index contributed by atoms with van der Waals surface area (Å²) in [6.45, 7) is 3.46. The van der Waals surface area contributed by atoms with Crippen molar-refractivity contribution in [1.82, 2.24) is 5.32 Å². The maximum Gasteiger partial charge on any atom is 0.339 e. The van der Waals surface area contributed by atoms with Gasteiger partial charge in [0.05, 0.1) is 21.5 Å². The maximum atomic E-state index is 12.7. The second-order valence-corrected chi connectivity index (χ2v) is 9.70. The van der Waals surface area contributed by atoms with Gasteiger partial charge in [-0.25, -0.2) is 0 Å². The number of rotatable bonds is 5. The molecule has 1 atom stereocenters. The van der Waals surface area contributed by atoms with Crippen molar-refractivity contribution in [2.24, 2.45) is 10.2 Å². The summed E-state index contributed by atoms with van der Waals surface area (Å²) in [5.74, 6) is -0.0322. The van der Waals surface area contributed by atoms with Crippen LogP contribution in [0.3, 0.4) is 0 Å². The fraction of sp³-hybridized carbons (Fsp3) is 0.167. The minimum atomic E-state index is -4.15. The van der Waals surface area contributed by atoms with Gasteiger partial charge in [-0.3, -0.25) is 4.79 Å². The van der Waals surface area contributed by atoms with Gasteiger partial charge in [0.2, 0.25) is 5.91 Å². The molecule has 1 saturated heterocycles. The molecule has 29 heavy (non-hydrogen) atoms. The molecule has 2 aromatic rings. The van der Waals surface area contributed by atoms with Crippen LogP contribution in [0, 0.1) is 6.92 Å². The van der Waals surface area contributed by atoms with Gasteiger partial charge in [0.25, 0.3) is 0 Å². The number of amides is 1. The van der Waals surface area contributed by atoms with Crippen molar-refractivity contribution >= 4 is 62.4 Å². The predicted octanol–water partition coefficient (Wildman–Crippen LogP) is 4.01. The minimum absolute atomic E-state index is 0.101. The fourth-order valence-electron chi connectivity index (χ4n) is 2.33. The Balaban J connectivity index is 1.88. The zero-order chi connectivity index (χ0) is 21.2. The van der Waals surface area contributed by atoms with Gasteiger partial charge >= 0.3 is 10.1 Å². The van der Waals surface area contributed by atoms with Gasteiger partial charge in [0.1, 0.15) is 4.90 Å². The Morgan fingerprint density at radius 1 is 1.21 bits per heavy atom. The number of thioether (sulfide) groups is 1. The third-order valence-corrected chi connectivity index (χ3v) is 6.78. The van der Waals surface area contributed by atoms with E-state index in [0.29, 0.717) is 16.3 Å². The minimum Gasteiger partial charge on any atom is -0.378 e. The molecule has 1 N–H and O–H groups in total. The van der Waals surface area contributed by atoms with E-state index in [1.165, 1.54) is 36.2 Å². The summed E-state index contributed by atoms with van der Waals surface area (Å²) in [6, 6.07) is 8.99. The quantitative estimate of drug-likeness (QED) is 0.403. The highest BCUT2D eigenvalue weighted by atomic mass is 35.5. The van der Waals surface area contributed by atoms with Crippen LogP contribution in [0.2, 0.25) is 10.0 Å². The predicted molar refractivity (Wildman–Crippen MR) is 116 cm³/mol. The largest absolute Gasteiger partial charge is 0.378 e. The molecule has 152 valence electrons.